The van der Waals surface area contributed by atoms with E-state index in [0.717, 1.165) is 29.4 Å². The maximum atomic E-state index is 12.4. The van der Waals surface area contributed by atoms with Crippen LogP contribution in [0.4, 0.5) is 0 Å². The molecule has 0 unspecified atom stereocenters. The minimum absolute atomic E-state index is 0.0445. The molecule has 0 spiro atoms. The molecule has 132 valence electrons. The maximum absolute atomic E-state index is 12.4. The Balaban J connectivity index is 1.54. The number of carbonyl (C=O) groups is 2. The summed E-state index contributed by atoms with van der Waals surface area (Å²) in [6.07, 6.45) is 5.16. The zero-order chi connectivity index (χ0) is 17.9. The molecule has 1 fully saturated rings. The summed E-state index contributed by atoms with van der Waals surface area (Å²) in [7, 11) is 0. The highest BCUT2D eigenvalue weighted by molar-refractivity contribution is 5.87. The fourth-order valence-electron chi connectivity index (χ4n) is 2.89. The molecular weight excluding hydrogens is 330 g/mol. The first-order valence-electron chi connectivity index (χ1n) is 8.66. The number of nitrogens with zero attached hydrogens (tertiary/aromatic N) is 1. The first kappa shape index (κ1) is 16.3. The highest BCUT2D eigenvalue weighted by Gasteiger charge is 2.30. The van der Waals surface area contributed by atoms with Gasteiger partial charge < -0.3 is 15.1 Å². The monoisotopic (exact) mass is 349 g/mol. The highest BCUT2D eigenvalue weighted by Crippen LogP contribution is 2.29. The Hall–Kier alpha value is -3.15. The van der Waals surface area contributed by atoms with Crippen molar-refractivity contribution in [1.29, 1.82) is 0 Å². The number of para-hydroxylation sites is 1. The van der Waals surface area contributed by atoms with E-state index in [2.05, 4.69) is 15.6 Å². The van der Waals surface area contributed by atoms with Crippen LogP contribution >= 0.6 is 0 Å². The molecule has 2 N–H and O–H groups in total. The van der Waals surface area contributed by atoms with Crippen LogP contribution in [0.1, 0.15) is 30.2 Å². The number of rotatable bonds is 6. The third-order valence-corrected chi connectivity index (χ3v) is 4.45. The predicted octanol–water partition coefficient (Wildman–Crippen LogP) is 2.56. The molecule has 26 heavy (non-hydrogen) atoms. The van der Waals surface area contributed by atoms with Crippen LogP contribution in [0, 0.1) is 5.92 Å². The maximum Gasteiger partial charge on any atom is 0.240 e. The van der Waals surface area contributed by atoms with Gasteiger partial charge in [-0.3, -0.25) is 14.6 Å². The van der Waals surface area contributed by atoms with E-state index < -0.39 is 6.04 Å². The van der Waals surface area contributed by atoms with Gasteiger partial charge in [-0.15, -0.1) is 0 Å². The molecule has 0 saturated heterocycles. The molecule has 1 atom stereocenters. The van der Waals surface area contributed by atoms with Crippen LogP contribution < -0.4 is 10.6 Å². The Morgan fingerprint density at radius 2 is 1.92 bits per heavy atom. The molecule has 6 nitrogen and oxygen atoms in total. The summed E-state index contributed by atoms with van der Waals surface area (Å²) in [4.78, 5) is 28.1. The van der Waals surface area contributed by atoms with Gasteiger partial charge in [0.1, 0.15) is 17.4 Å². The van der Waals surface area contributed by atoms with Crippen LogP contribution in [-0.4, -0.2) is 23.3 Å². The van der Waals surface area contributed by atoms with E-state index in [1.165, 1.54) is 0 Å². The molecule has 1 aliphatic rings. The van der Waals surface area contributed by atoms with E-state index in [1.54, 1.807) is 12.4 Å². The Bertz CT molecular complexity index is 899. The first-order chi connectivity index (χ1) is 12.7. The topological polar surface area (TPSA) is 84.2 Å². The second-order valence-electron chi connectivity index (χ2n) is 6.46. The number of hydrogen-bond acceptors (Lipinski definition) is 4. The summed E-state index contributed by atoms with van der Waals surface area (Å²) < 4.78 is 5.94. The molecule has 1 aliphatic carbocycles. The number of furan rings is 1. The quantitative estimate of drug-likeness (QED) is 0.716. The van der Waals surface area contributed by atoms with E-state index in [1.807, 2.05) is 42.5 Å². The van der Waals surface area contributed by atoms with Gasteiger partial charge in [-0.25, -0.2) is 0 Å². The summed E-state index contributed by atoms with van der Waals surface area (Å²) in [5, 5.41) is 6.61. The van der Waals surface area contributed by atoms with Crippen LogP contribution in [0.25, 0.3) is 11.0 Å². The molecule has 2 heterocycles. The van der Waals surface area contributed by atoms with Crippen LogP contribution in [0.5, 0.6) is 0 Å². The number of fused-ring (bicyclic) bond motifs is 1. The normalized spacial score (nSPS) is 14.8. The lowest BCUT2D eigenvalue weighted by Crippen LogP contribution is -2.39. The Kier molecular flexibility index (Phi) is 4.39. The predicted molar refractivity (Wildman–Crippen MR) is 96.2 cm³/mol. The summed E-state index contributed by atoms with van der Waals surface area (Å²) in [6.45, 7) is -0.0445. The Morgan fingerprint density at radius 1 is 1.15 bits per heavy atom. The second kappa shape index (κ2) is 7.00. The fourth-order valence-corrected chi connectivity index (χ4v) is 2.89. The van der Waals surface area contributed by atoms with E-state index in [0.29, 0.717) is 5.76 Å². The molecule has 0 aliphatic heterocycles. The molecule has 2 amide bonds. The van der Waals surface area contributed by atoms with Gasteiger partial charge >= 0.3 is 0 Å². The van der Waals surface area contributed by atoms with Crippen molar-refractivity contribution in [1.82, 2.24) is 15.6 Å². The summed E-state index contributed by atoms with van der Waals surface area (Å²) in [6, 6.07) is 12.8. The molecule has 0 radical (unpaired) electrons. The zero-order valence-electron chi connectivity index (χ0n) is 14.1. The smallest absolute Gasteiger partial charge is 0.240 e. The molecule has 0 bridgehead atoms. The van der Waals surface area contributed by atoms with Crippen LogP contribution in [0.2, 0.25) is 0 Å². The molecule has 2 aromatic heterocycles. The average Bonchev–Trinajstić information content (AvgIpc) is 3.43. The molecule has 1 saturated carbocycles. The minimum Gasteiger partial charge on any atom is -0.459 e. The largest absolute Gasteiger partial charge is 0.459 e. The summed E-state index contributed by atoms with van der Waals surface area (Å²) >= 11 is 0. The third kappa shape index (κ3) is 3.59. The standard InChI is InChI=1S/C20H19N3O3/c24-18(12-22-20(25)14-5-6-14)23-19(13-7-9-21-10-8-13)17-11-15-3-1-2-4-16(15)26-17/h1-4,7-11,14,19H,5-6,12H2,(H,22,25)(H,23,24)/t19-/m1/s1. The molecule has 1 aromatic carbocycles. The van der Waals surface area contributed by atoms with Crippen LogP contribution in [0.3, 0.4) is 0 Å². The zero-order valence-corrected chi connectivity index (χ0v) is 14.1. The number of nitrogens with one attached hydrogen (secondary N) is 2. The Morgan fingerprint density at radius 3 is 2.65 bits per heavy atom. The van der Waals surface area contributed by atoms with Crippen molar-refractivity contribution < 1.29 is 14.0 Å². The van der Waals surface area contributed by atoms with Gasteiger partial charge in [-0.1, -0.05) is 18.2 Å². The van der Waals surface area contributed by atoms with Gasteiger partial charge in [0.05, 0.1) is 6.54 Å². The number of pyridine rings is 1. The van der Waals surface area contributed by atoms with Crippen molar-refractivity contribution in [3.8, 4) is 0 Å². The van der Waals surface area contributed by atoms with Crippen LogP contribution in [0.15, 0.2) is 59.3 Å². The van der Waals surface area contributed by atoms with E-state index >= 15 is 0 Å². The van der Waals surface area contributed by atoms with Crippen molar-refractivity contribution in [2.75, 3.05) is 6.54 Å². The fraction of sp³-hybridized carbons (Fsp3) is 0.250. The highest BCUT2D eigenvalue weighted by atomic mass is 16.3. The number of carbonyl (C=O) groups excluding carboxylic acids is 2. The number of hydrogen-bond donors (Lipinski definition) is 2. The molecule has 3 aromatic rings. The number of amides is 2. The first-order valence-corrected chi connectivity index (χ1v) is 8.66. The van der Waals surface area contributed by atoms with Crippen molar-refractivity contribution in [2.45, 2.75) is 18.9 Å². The van der Waals surface area contributed by atoms with Gasteiger partial charge in [-0.2, -0.15) is 0 Å². The number of aromatic nitrogens is 1. The van der Waals surface area contributed by atoms with Gasteiger partial charge in [0.15, 0.2) is 0 Å². The Labute approximate surface area is 150 Å². The van der Waals surface area contributed by atoms with Crippen molar-refractivity contribution in [2.24, 2.45) is 5.92 Å². The minimum atomic E-state index is -0.448. The average molecular weight is 349 g/mol. The third-order valence-electron chi connectivity index (χ3n) is 4.45. The van der Waals surface area contributed by atoms with Gasteiger partial charge in [0.25, 0.3) is 0 Å². The van der Waals surface area contributed by atoms with E-state index in [9.17, 15) is 9.59 Å². The van der Waals surface area contributed by atoms with Gasteiger partial charge in [0.2, 0.25) is 11.8 Å². The van der Waals surface area contributed by atoms with E-state index in [4.69, 9.17) is 4.42 Å². The molecule has 6 heteroatoms. The second-order valence-corrected chi connectivity index (χ2v) is 6.46. The van der Waals surface area contributed by atoms with Crippen molar-refractivity contribution in [3.63, 3.8) is 0 Å². The van der Waals surface area contributed by atoms with Crippen molar-refractivity contribution in [3.05, 3.63) is 66.2 Å². The van der Waals surface area contributed by atoms with E-state index in [-0.39, 0.29) is 24.3 Å². The van der Waals surface area contributed by atoms with Gasteiger partial charge in [-0.05, 0) is 42.7 Å². The summed E-state index contributed by atoms with van der Waals surface area (Å²) in [5.74, 6) is 0.402. The molecule has 4 rings (SSSR count). The summed E-state index contributed by atoms with van der Waals surface area (Å²) in [5.41, 5.74) is 1.62. The van der Waals surface area contributed by atoms with Crippen LogP contribution in [-0.2, 0) is 9.59 Å². The number of benzene rings is 1. The SMILES string of the molecule is O=C(CNC(=O)C1CC1)N[C@H](c1ccncc1)c1cc2ccccc2o1. The lowest BCUT2D eigenvalue weighted by molar-refractivity contribution is -0.127. The molecular formula is C20H19N3O3. The lowest BCUT2D eigenvalue weighted by Gasteiger charge is -2.17. The van der Waals surface area contributed by atoms with Crippen molar-refractivity contribution >= 4 is 22.8 Å². The van der Waals surface area contributed by atoms with Gasteiger partial charge in [0, 0.05) is 23.7 Å². The lowest BCUT2D eigenvalue weighted by atomic mass is 10.1.